The second-order valence-corrected chi connectivity index (χ2v) is 3.91. The fraction of sp³-hybridized carbons (Fsp3) is 0.571. The molecule has 1 N–H and O–H groups in total. The highest BCUT2D eigenvalue weighted by Crippen LogP contribution is 2.06. The topological polar surface area (TPSA) is 29.1 Å². The molecule has 0 aromatic heterocycles. The van der Waals surface area contributed by atoms with Crippen LogP contribution in [0.15, 0.2) is 12.2 Å². The van der Waals surface area contributed by atoms with Crippen LogP contribution in [0.4, 0.5) is 0 Å². The molecule has 0 bridgehead atoms. The van der Waals surface area contributed by atoms with Crippen LogP contribution in [0.3, 0.4) is 0 Å². The molecule has 0 unspecified atom stereocenters. The molecule has 2 nitrogen and oxygen atoms in total. The van der Waals surface area contributed by atoms with Gasteiger partial charge < -0.3 is 5.32 Å². The van der Waals surface area contributed by atoms with Crippen molar-refractivity contribution in [2.75, 3.05) is 0 Å². The van der Waals surface area contributed by atoms with Crippen LogP contribution in [-0.4, -0.2) is 10.8 Å². The Hall–Kier alpha value is -0.440. The number of carbonyl (C=O) groups excluding carboxylic acids is 1. The Kier molecular flexibility index (Phi) is 2.96. The van der Waals surface area contributed by atoms with E-state index >= 15 is 0 Å². The second kappa shape index (κ2) is 3.10. The molecule has 1 amide bonds. The largest absolute Gasteiger partial charge is 0.339 e. The highest BCUT2D eigenvalue weighted by Gasteiger charge is 2.14. The van der Waals surface area contributed by atoms with Gasteiger partial charge in [-0.15, -0.1) is 0 Å². The van der Waals surface area contributed by atoms with Crippen molar-refractivity contribution in [2.45, 2.75) is 25.6 Å². The molecule has 0 fully saturated rings. The monoisotopic (exact) mass is 159 g/mol. The summed E-state index contributed by atoms with van der Waals surface area (Å²) in [5.74, 6) is -0.153. The van der Waals surface area contributed by atoms with Crippen molar-refractivity contribution < 1.29 is 4.79 Å². The third-order valence-corrected chi connectivity index (χ3v) is 0.919. The van der Waals surface area contributed by atoms with Crippen LogP contribution in [0.5, 0.6) is 0 Å². The van der Waals surface area contributed by atoms with E-state index in [4.69, 9.17) is 0 Å². The van der Waals surface area contributed by atoms with E-state index in [1.54, 1.807) is 20.8 Å². The summed E-state index contributed by atoms with van der Waals surface area (Å²) in [6, 6.07) is 0. The van der Waals surface area contributed by atoms with E-state index in [2.05, 4.69) is 24.5 Å². The smallest absolute Gasteiger partial charge is 0.247 e. The summed E-state index contributed by atoms with van der Waals surface area (Å²) in [4.78, 5) is 10.4. The molecule has 0 spiro atoms. The van der Waals surface area contributed by atoms with Crippen LogP contribution in [-0.2, 0) is 4.79 Å². The first-order chi connectivity index (χ1) is 4.33. The SMILES string of the molecule is C=C(C)C(=O)NC(C)(C)S. The van der Waals surface area contributed by atoms with Gasteiger partial charge in [-0.2, -0.15) is 12.6 Å². The van der Waals surface area contributed by atoms with Crippen LogP contribution in [0.2, 0.25) is 0 Å². The van der Waals surface area contributed by atoms with Crippen LogP contribution < -0.4 is 5.32 Å². The Morgan fingerprint density at radius 2 is 2.00 bits per heavy atom. The molecule has 0 heterocycles. The van der Waals surface area contributed by atoms with Crippen molar-refractivity contribution in [3.63, 3.8) is 0 Å². The van der Waals surface area contributed by atoms with Gasteiger partial charge in [0.15, 0.2) is 0 Å². The Morgan fingerprint density at radius 1 is 1.60 bits per heavy atom. The number of hydrogen-bond acceptors (Lipinski definition) is 2. The van der Waals surface area contributed by atoms with Crippen molar-refractivity contribution in [1.82, 2.24) is 5.32 Å². The van der Waals surface area contributed by atoms with E-state index in [1.165, 1.54) is 0 Å². The first-order valence-corrected chi connectivity index (χ1v) is 3.48. The molecular weight excluding hydrogens is 146 g/mol. The second-order valence-electron chi connectivity index (χ2n) is 2.79. The molecule has 0 saturated heterocycles. The number of rotatable bonds is 2. The lowest BCUT2D eigenvalue weighted by atomic mass is 10.3. The Labute approximate surface area is 67.1 Å². The van der Waals surface area contributed by atoms with Gasteiger partial charge in [-0.1, -0.05) is 6.58 Å². The highest BCUT2D eigenvalue weighted by molar-refractivity contribution is 7.81. The molecule has 0 saturated carbocycles. The maximum atomic E-state index is 10.9. The molecule has 3 heteroatoms. The average Bonchev–Trinajstić information content (AvgIpc) is 1.60. The zero-order valence-electron chi connectivity index (χ0n) is 6.56. The quantitative estimate of drug-likeness (QED) is 0.355. The summed E-state index contributed by atoms with van der Waals surface area (Å²) in [6.07, 6.45) is 0. The fourth-order valence-electron chi connectivity index (χ4n) is 0.385. The van der Waals surface area contributed by atoms with Crippen molar-refractivity contribution in [1.29, 1.82) is 0 Å². The molecule has 0 aliphatic rings. The minimum absolute atomic E-state index is 0.153. The molecule has 0 rings (SSSR count). The first kappa shape index (κ1) is 9.56. The molecular formula is C7H13NOS. The van der Waals surface area contributed by atoms with Crippen LogP contribution >= 0.6 is 12.6 Å². The molecule has 58 valence electrons. The molecule has 0 radical (unpaired) electrons. The van der Waals surface area contributed by atoms with E-state index in [1.807, 2.05) is 0 Å². The summed E-state index contributed by atoms with van der Waals surface area (Å²) >= 11 is 4.12. The first-order valence-electron chi connectivity index (χ1n) is 3.03. The molecule has 0 aliphatic carbocycles. The Morgan fingerprint density at radius 3 is 2.10 bits per heavy atom. The summed E-state index contributed by atoms with van der Waals surface area (Å²) < 4.78 is 0. The van der Waals surface area contributed by atoms with Crippen molar-refractivity contribution >= 4 is 18.5 Å². The lowest BCUT2D eigenvalue weighted by molar-refractivity contribution is -0.118. The van der Waals surface area contributed by atoms with Gasteiger partial charge in [0.2, 0.25) is 5.91 Å². The van der Waals surface area contributed by atoms with Crippen molar-refractivity contribution in [3.8, 4) is 0 Å². The number of nitrogens with one attached hydrogen (secondary N) is 1. The van der Waals surface area contributed by atoms with E-state index < -0.39 is 4.87 Å². The van der Waals surface area contributed by atoms with Crippen molar-refractivity contribution in [3.05, 3.63) is 12.2 Å². The van der Waals surface area contributed by atoms with Gasteiger partial charge in [-0.25, -0.2) is 0 Å². The number of hydrogen-bond donors (Lipinski definition) is 2. The summed E-state index contributed by atoms with van der Waals surface area (Å²) in [7, 11) is 0. The maximum Gasteiger partial charge on any atom is 0.247 e. The van der Waals surface area contributed by atoms with Gasteiger partial charge in [0.25, 0.3) is 0 Å². The zero-order valence-corrected chi connectivity index (χ0v) is 7.46. The van der Waals surface area contributed by atoms with Gasteiger partial charge in [0.1, 0.15) is 0 Å². The van der Waals surface area contributed by atoms with E-state index in [9.17, 15) is 4.79 Å². The molecule has 10 heavy (non-hydrogen) atoms. The average molecular weight is 159 g/mol. The number of carbonyl (C=O) groups is 1. The van der Waals surface area contributed by atoms with Gasteiger partial charge in [0, 0.05) is 5.57 Å². The highest BCUT2D eigenvalue weighted by atomic mass is 32.1. The van der Waals surface area contributed by atoms with Gasteiger partial charge >= 0.3 is 0 Å². The normalized spacial score (nSPS) is 10.8. The summed E-state index contributed by atoms with van der Waals surface area (Å²) in [6.45, 7) is 8.76. The van der Waals surface area contributed by atoms with Crippen molar-refractivity contribution in [2.24, 2.45) is 0 Å². The minimum Gasteiger partial charge on any atom is -0.339 e. The van der Waals surface area contributed by atoms with E-state index in [0.717, 1.165) is 0 Å². The predicted octanol–water partition coefficient (Wildman–Crippen LogP) is 1.34. The maximum absolute atomic E-state index is 10.9. The summed E-state index contributed by atoms with van der Waals surface area (Å²) in [5.41, 5.74) is 0.502. The standard InChI is InChI=1S/C7H13NOS/c1-5(2)6(9)8-7(3,4)10/h10H,1H2,2-4H3,(H,8,9). The van der Waals surface area contributed by atoms with Crippen LogP contribution in [0.1, 0.15) is 20.8 Å². The van der Waals surface area contributed by atoms with E-state index in [0.29, 0.717) is 5.57 Å². The minimum atomic E-state index is -0.462. The van der Waals surface area contributed by atoms with E-state index in [-0.39, 0.29) is 5.91 Å². The predicted molar refractivity (Wildman–Crippen MR) is 46.0 cm³/mol. The number of thiol groups is 1. The lowest BCUT2D eigenvalue weighted by Crippen LogP contribution is -2.38. The number of amides is 1. The van der Waals surface area contributed by atoms with Gasteiger partial charge in [-0.3, -0.25) is 4.79 Å². The molecule has 0 aromatic rings. The lowest BCUT2D eigenvalue weighted by Gasteiger charge is -2.19. The Balaban J connectivity index is 3.93. The van der Waals surface area contributed by atoms with Gasteiger partial charge in [0.05, 0.1) is 4.87 Å². The molecule has 0 atom stereocenters. The fourth-order valence-corrected chi connectivity index (χ4v) is 0.486. The molecule has 0 aliphatic heterocycles. The zero-order chi connectivity index (χ0) is 8.36. The summed E-state index contributed by atoms with van der Waals surface area (Å²) in [5, 5.41) is 2.64. The molecule has 0 aromatic carbocycles. The van der Waals surface area contributed by atoms with Crippen LogP contribution in [0.25, 0.3) is 0 Å². The Bertz CT molecular complexity index is 157. The third kappa shape index (κ3) is 4.44. The van der Waals surface area contributed by atoms with Gasteiger partial charge in [-0.05, 0) is 20.8 Å². The third-order valence-electron chi connectivity index (χ3n) is 0.807. The van der Waals surface area contributed by atoms with Crippen LogP contribution in [0, 0.1) is 0 Å².